The first-order valence-electron chi connectivity index (χ1n) is 6.61. The summed E-state index contributed by atoms with van der Waals surface area (Å²) in [6.45, 7) is -1.40. The molecular weight excluding hydrogens is 311 g/mol. The lowest BCUT2D eigenvalue weighted by atomic mass is 10.1. The molecule has 0 radical (unpaired) electrons. The maximum absolute atomic E-state index is 13.5. The minimum absolute atomic E-state index is 0.00645. The molecule has 2 aromatic carbocycles. The van der Waals surface area contributed by atoms with Crippen molar-refractivity contribution < 1.29 is 27.4 Å². The van der Waals surface area contributed by atoms with Gasteiger partial charge in [-0.1, -0.05) is 6.07 Å². The highest BCUT2D eigenvalue weighted by molar-refractivity contribution is 6.04. The summed E-state index contributed by atoms with van der Waals surface area (Å²) in [4.78, 5) is 12.1. The number of nitrogens with one attached hydrogen (secondary N) is 1. The van der Waals surface area contributed by atoms with Gasteiger partial charge in [-0.3, -0.25) is 4.79 Å². The van der Waals surface area contributed by atoms with Crippen LogP contribution in [0.5, 0.6) is 11.5 Å². The van der Waals surface area contributed by atoms with Crippen molar-refractivity contribution in [2.75, 3.05) is 12.4 Å². The monoisotopic (exact) mass is 325 g/mol. The third-order valence-corrected chi connectivity index (χ3v) is 3.07. The van der Waals surface area contributed by atoms with Crippen molar-refractivity contribution in [3.63, 3.8) is 0 Å². The molecule has 0 fully saturated rings. The van der Waals surface area contributed by atoms with E-state index in [1.807, 2.05) is 0 Å². The molecule has 23 heavy (non-hydrogen) atoms. The van der Waals surface area contributed by atoms with Gasteiger partial charge in [0.25, 0.3) is 5.91 Å². The summed E-state index contributed by atoms with van der Waals surface area (Å²) < 4.78 is 47.2. The van der Waals surface area contributed by atoms with Crippen molar-refractivity contribution in [3.05, 3.63) is 53.3 Å². The van der Waals surface area contributed by atoms with E-state index >= 15 is 0 Å². The lowest BCUT2D eigenvalue weighted by Crippen LogP contribution is -2.12. The average molecular weight is 325 g/mol. The molecule has 2 rings (SSSR count). The number of carbonyl (C=O) groups excluding carboxylic acids is 1. The summed E-state index contributed by atoms with van der Waals surface area (Å²) in [5.74, 6) is -1.16. The fraction of sp³-hybridized carbons (Fsp3) is 0.188. The fourth-order valence-corrected chi connectivity index (χ4v) is 1.88. The number of hydrogen-bond acceptors (Lipinski definition) is 3. The minimum atomic E-state index is -3.00. The van der Waals surface area contributed by atoms with Crippen LogP contribution in [0.1, 0.15) is 15.9 Å². The lowest BCUT2D eigenvalue weighted by Gasteiger charge is -2.11. The van der Waals surface area contributed by atoms with Gasteiger partial charge >= 0.3 is 6.61 Å². The molecule has 0 aliphatic rings. The number of amides is 1. The molecule has 1 N–H and O–H groups in total. The zero-order valence-electron chi connectivity index (χ0n) is 12.4. The molecule has 0 saturated heterocycles. The topological polar surface area (TPSA) is 47.6 Å². The van der Waals surface area contributed by atoms with Crippen LogP contribution in [0.15, 0.2) is 36.4 Å². The Morgan fingerprint density at radius 2 is 1.87 bits per heavy atom. The standard InChI is InChI=1S/C16H14F3NO3/c1-9-3-5-11(8-12(9)17)20-15(21)10-4-6-13(23-16(18)19)14(7-10)22-2/h3-8,16H,1-2H3,(H,20,21). The third-order valence-electron chi connectivity index (χ3n) is 3.07. The highest BCUT2D eigenvalue weighted by Gasteiger charge is 2.14. The zero-order chi connectivity index (χ0) is 17.0. The van der Waals surface area contributed by atoms with Gasteiger partial charge < -0.3 is 14.8 Å². The molecule has 0 saturated carbocycles. The summed E-state index contributed by atoms with van der Waals surface area (Å²) in [6.07, 6.45) is 0. The van der Waals surface area contributed by atoms with Crippen LogP contribution >= 0.6 is 0 Å². The second kappa shape index (κ2) is 7.04. The summed E-state index contributed by atoms with van der Waals surface area (Å²) in [7, 11) is 1.27. The van der Waals surface area contributed by atoms with E-state index in [1.54, 1.807) is 13.0 Å². The maximum atomic E-state index is 13.5. The Morgan fingerprint density at radius 1 is 1.13 bits per heavy atom. The Labute approximate surface area is 130 Å². The van der Waals surface area contributed by atoms with Crippen LogP contribution in [0.25, 0.3) is 0 Å². The van der Waals surface area contributed by atoms with Crippen LogP contribution < -0.4 is 14.8 Å². The fourth-order valence-electron chi connectivity index (χ4n) is 1.88. The molecule has 4 nitrogen and oxygen atoms in total. The molecule has 0 unspecified atom stereocenters. The molecular formula is C16H14F3NO3. The molecule has 0 aromatic heterocycles. The molecule has 0 aliphatic heterocycles. The number of benzene rings is 2. The number of alkyl halides is 2. The summed E-state index contributed by atoms with van der Waals surface area (Å²) >= 11 is 0. The van der Waals surface area contributed by atoms with Crippen molar-refractivity contribution in [2.24, 2.45) is 0 Å². The first-order valence-corrected chi connectivity index (χ1v) is 6.61. The van der Waals surface area contributed by atoms with Gasteiger partial charge in [0.1, 0.15) is 5.82 Å². The smallest absolute Gasteiger partial charge is 0.387 e. The second-order valence-electron chi connectivity index (χ2n) is 4.66. The maximum Gasteiger partial charge on any atom is 0.387 e. The van der Waals surface area contributed by atoms with E-state index in [0.29, 0.717) is 5.56 Å². The van der Waals surface area contributed by atoms with E-state index in [-0.39, 0.29) is 22.7 Å². The first-order chi connectivity index (χ1) is 10.9. The number of rotatable bonds is 5. The van der Waals surface area contributed by atoms with Crippen molar-refractivity contribution in [1.82, 2.24) is 0 Å². The van der Waals surface area contributed by atoms with E-state index in [2.05, 4.69) is 10.1 Å². The predicted octanol–water partition coefficient (Wildman–Crippen LogP) is 4.00. The van der Waals surface area contributed by atoms with Gasteiger partial charge in [0.15, 0.2) is 11.5 Å². The van der Waals surface area contributed by atoms with Crippen molar-refractivity contribution >= 4 is 11.6 Å². The van der Waals surface area contributed by atoms with E-state index in [1.165, 1.54) is 37.4 Å². The van der Waals surface area contributed by atoms with Gasteiger partial charge in [-0.05, 0) is 42.8 Å². The number of aryl methyl sites for hydroxylation is 1. The van der Waals surface area contributed by atoms with Crippen LogP contribution in [-0.2, 0) is 0 Å². The van der Waals surface area contributed by atoms with Gasteiger partial charge in [0.2, 0.25) is 0 Å². The highest BCUT2D eigenvalue weighted by atomic mass is 19.3. The first kappa shape index (κ1) is 16.7. The second-order valence-corrected chi connectivity index (χ2v) is 4.66. The number of methoxy groups -OCH3 is 1. The molecule has 0 spiro atoms. The van der Waals surface area contributed by atoms with E-state index in [9.17, 15) is 18.0 Å². The van der Waals surface area contributed by atoms with Gasteiger partial charge in [-0.2, -0.15) is 8.78 Å². The molecule has 1 amide bonds. The molecule has 7 heteroatoms. The Bertz CT molecular complexity index is 720. The zero-order valence-corrected chi connectivity index (χ0v) is 12.4. The predicted molar refractivity (Wildman–Crippen MR) is 78.7 cm³/mol. The Balaban J connectivity index is 2.20. The van der Waals surface area contributed by atoms with Crippen LogP contribution in [0.4, 0.5) is 18.9 Å². The normalized spacial score (nSPS) is 10.5. The van der Waals surface area contributed by atoms with Crippen molar-refractivity contribution in [1.29, 1.82) is 0 Å². The van der Waals surface area contributed by atoms with Gasteiger partial charge in [0, 0.05) is 11.3 Å². The van der Waals surface area contributed by atoms with Gasteiger partial charge in [-0.15, -0.1) is 0 Å². The van der Waals surface area contributed by atoms with Crippen molar-refractivity contribution in [2.45, 2.75) is 13.5 Å². The highest BCUT2D eigenvalue weighted by Crippen LogP contribution is 2.29. The summed E-state index contributed by atoms with van der Waals surface area (Å²) in [5, 5.41) is 2.51. The van der Waals surface area contributed by atoms with Gasteiger partial charge in [0.05, 0.1) is 7.11 Å². The Kier molecular flexibility index (Phi) is 5.10. The van der Waals surface area contributed by atoms with E-state index < -0.39 is 18.3 Å². The van der Waals surface area contributed by atoms with Crippen LogP contribution in [-0.4, -0.2) is 19.6 Å². The average Bonchev–Trinajstić information content (AvgIpc) is 2.50. The largest absolute Gasteiger partial charge is 0.493 e. The third kappa shape index (κ3) is 4.15. The number of halogens is 3. The van der Waals surface area contributed by atoms with Crippen LogP contribution in [0, 0.1) is 12.7 Å². The summed E-state index contributed by atoms with van der Waals surface area (Å²) in [6, 6.07) is 8.05. The SMILES string of the molecule is COc1cc(C(=O)Nc2ccc(C)c(F)c2)ccc1OC(F)F. The molecule has 122 valence electrons. The number of carbonyl (C=O) groups is 1. The molecule has 0 bridgehead atoms. The minimum Gasteiger partial charge on any atom is -0.493 e. The Hall–Kier alpha value is -2.70. The van der Waals surface area contributed by atoms with E-state index in [0.717, 1.165) is 0 Å². The van der Waals surface area contributed by atoms with Crippen LogP contribution in [0.3, 0.4) is 0 Å². The Morgan fingerprint density at radius 3 is 2.48 bits per heavy atom. The molecule has 0 heterocycles. The number of hydrogen-bond donors (Lipinski definition) is 1. The number of anilines is 1. The molecule has 0 atom stereocenters. The molecule has 2 aromatic rings. The van der Waals surface area contributed by atoms with Gasteiger partial charge in [-0.25, -0.2) is 4.39 Å². The lowest BCUT2D eigenvalue weighted by molar-refractivity contribution is -0.0512. The number of ether oxygens (including phenoxy) is 2. The van der Waals surface area contributed by atoms with Crippen molar-refractivity contribution in [3.8, 4) is 11.5 Å². The quantitative estimate of drug-likeness (QED) is 0.904. The van der Waals surface area contributed by atoms with Crippen LogP contribution in [0.2, 0.25) is 0 Å². The molecule has 0 aliphatic carbocycles. The summed E-state index contributed by atoms with van der Waals surface area (Å²) in [5.41, 5.74) is 0.896. The van der Waals surface area contributed by atoms with E-state index in [4.69, 9.17) is 4.74 Å².